The molecule has 0 bridgehead atoms. The first-order valence-corrected chi connectivity index (χ1v) is 11.2. The van der Waals surface area contributed by atoms with Gasteiger partial charge in [-0.15, -0.1) is 0 Å². The lowest BCUT2D eigenvalue weighted by molar-refractivity contribution is 0.0179. The van der Waals surface area contributed by atoms with Crippen LogP contribution in [0, 0.1) is 0 Å². The van der Waals surface area contributed by atoms with Gasteiger partial charge in [0, 0.05) is 39.1 Å². The van der Waals surface area contributed by atoms with Gasteiger partial charge in [-0.2, -0.15) is 0 Å². The number of nitrogens with zero attached hydrogens (tertiary/aromatic N) is 3. The lowest BCUT2D eigenvalue weighted by atomic mass is 10.2. The molecule has 0 unspecified atom stereocenters. The zero-order chi connectivity index (χ0) is 23.0. The normalized spacial score (nSPS) is 11.1. The van der Waals surface area contributed by atoms with Crippen molar-refractivity contribution >= 4 is 0 Å². The average Bonchev–Trinajstić information content (AvgIpc) is 2.84. The summed E-state index contributed by atoms with van der Waals surface area (Å²) in [5.74, 6) is 0.836. The molecule has 7 heteroatoms. The maximum atomic E-state index is 5.88. The molecular formula is C26H33N3O4. The first-order valence-electron chi connectivity index (χ1n) is 11.2. The van der Waals surface area contributed by atoms with Crippen molar-refractivity contribution in [3.05, 3.63) is 90.0 Å². The highest BCUT2D eigenvalue weighted by Gasteiger charge is 2.10. The topological polar surface area (TPSA) is 65.9 Å². The molecule has 2 aromatic heterocycles. The molecule has 3 rings (SSSR count). The van der Waals surface area contributed by atoms with Crippen LogP contribution in [-0.4, -0.2) is 61.6 Å². The number of rotatable bonds is 16. The van der Waals surface area contributed by atoms with Crippen molar-refractivity contribution in [1.82, 2.24) is 14.9 Å². The van der Waals surface area contributed by atoms with Crippen LogP contribution < -0.4 is 4.74 Å². The van der Waals surface area contributed by atoms with Gasteiger partial charge < -0.3 is 18.9 Å². The van der Waals surface area contributed by atoms with Gasteiger partial charge in [-0.1, -0.05) is 24.3 Å². The van der Waals surface area contributed by atoms with Gasteiger partial charge in [0.15, 0.2) is 0 Å². The van der Waals surface area contributed by atoms with Crippen LogP contribution in [0.3, 0.4) is 0 Å². The van der Waals surface area contributed by atoms with E-state index in [9.17, 15) is 0 Å². The van der Waals surface area contributed by atoms with Crippen molar-refractivity contribution in [3.8, 4) is 5.75 Å². The summed E-state index contributed by atoms with van der Waals surface area (Å²) in [4.78, 5) is 11.3. The molecule has 0 aliphatic carbocycles. The maximum Gasteiger partial charge on any atom is 0.119 e. The summed E-state index contributed by atoms with van der Waals surface area (Å²) in [6.07, 6.45) is 3.66. The van der Waals surface area contributed by atoms with Crippen LogP contribution in [0.2, 0.25) is 0 Å². The smallest absolute Gasteiger partial charge is 0.119 e. The molecule has 0 aliphatic rings. The van der Waals surface area contributed by atoms with Crippen molar-refractivity contribution in [2.24, 2.45) is 0 Å². The third kappa shape index (κ3) is 10.1. The third-order valence-electron chi connectivity index (χ3n) is 4.83. The Morgan fingerprint density at radius 3 is 1.91 bits per heavy atom. The molecule has 0 atom stereocenters. The molecule has 0 N–H and O–H groups in total. The van der Waals surface area contributed by atoms with E-state index in [1.165, 1.54) is 5.56 Å². The molecule has 2 heterocycles. The van der Waals surface area contributed by atoms with E-state index in [1.807, 2.05) is 60.9 Å². The summed E-state index contributed by atoms with van der Waals surface area (Å²) in [6, 6.07) is 20.2. The average molecular weight is 452 g/mol. The van der Waals surface area contributed by atoms with Crippen molar-refractivity contribution in [1.29, 1.82) is 0 Å². The van der Waals surface area contributed by atoms with Gasteiger partial charge >= 0.3 is 0 Å². The zero-order valence-corrected chi connectivity index (χ0v) is 19.3. The third-order valence-corrected chi connectivity index (χ3v) is 4.83. The van der Waals surface area contributed by atoms with E-state index in [-0.39, 0.29) is 0 Å². The molecule has 0 saturated carbocycles. The van der Waals surface area contributed by atoms with E-state index >= 15 is 0 Å². The number of hydrogen-bond donors (Lipinski definition) is 0. The quantitative estimate of drug-likeness (QED) is 0.307. The van der Waals surface area contributed by atoms with Crippen LogP contribution in [0.15, 0.2) is 73.1 Å². The second-order valence-electron chi connectivity index (χ2n) is 7.50. The number of hydrogen-bond acceptors (Lipinski definition) is 7. The maximum absolute atomic E-state index is 5.88. The fourth-order valence-corrected chi connectivity index (χ4v) is 3.28. The van der Waals surface area contributed by atoms with Gasteiger partial charge in [-0.05, 0) is 42.0 Å². The predicted molar refractivity (Wildman–Crippen MR) is 127 cm³/mol. The van der Waals surface area contributed by atoms with Crippen molar-refractivity contribution in [2.45, 2.75) is 19.6 Å². The van der Waals surface area contributed by atoms with Crippen LogP contribution >= 0.6 is 0 Å². The molecule has 0 fully saturated rings. The van der Waals surface area contributed by atoms with Crippen LogP contribution in [0.1, 0.15) is 17.0 Å². The lowest BCUT2D eigenvalue weighted by Gasteiger charge is -2.22. The number of aromatic nitrogens is 2. The summed E-state index contributed by atoms with van der Waals surface area (Å²) >= 11 is 0. The number of methoxy groups -OCH3 is 1. The van der Waals surface area contributed by atoms with Gasteiger partial charge in [0.05, 0.1) is 44.4 Å². The Labute approximate surface area is 196 Å². The molecule has 0 saturated heterocycles. The van der Waals surface area contributed by atoms with E-state index in [1.54, 1.807) is 7.11 Å². The number of pyridine rings is 2. The van der Waals surface area contributed by atoms with E-state index in [4.69, 9.17) is 18.9 Å². The molecule has 33 heavy (non-hydrogen) atoms. The SMILES string of the molecule is COCCOCCOCCOc1cccc(CN(Cc2ccccn2)Cc2ccccn2)c1. The molecular weight excluding hydrogens is 418 g/mol. The fraction of sp³-hybridized carbons (Fsp3) is 0.385. The van der Waals surface area contributed by atoms with Gasteiger partial charge in [0.25, 0.3) is 0 Å². The second kappa shape index (κ2) is 15.1. The monoisotopic (exact) mass is 451 g/mol. The highest BCUT2D eigenvalue weighted by molar-refractivity contribution is 5.28. The summed E-state index contributed by atoms with van der Waals surface area (Å²) in [7, 11) is 1.66. The molecule has 0 spiro atoms. The van der Waals surface area contributed by atoms with E-state index in [2.05, 4.69) is 27.0 Å². The minimum absolute atomic E-state index is 0.493. The molecule has 1 aromatic carbocycles. The lowest BCUT2D eigenvalue weighted by Crippen LogP contribution is -2.23. The summed E-state index contributed by atoms with van der Waals surface area (Å²) in [5, 5.41) is 0. The Hall–Kier alpha value is -2.84. The first kappa shape index (κ1) is 24.8. The molecule has 0 amide bonds. The number of ether oxygens (including phenoxy) is 4. The van der Waals surface area contributed by atoms with Crippen molar-refractivity contribution in [2.75, 3.05) is 46.8 Å². The highest BCUT2D eigenvalue weighted by Crippen LogP contribution is 2.17. The standard InChI is InChI=1S/C26H33N3O4/c1-30-13-14-31-15-16-32-17-18-33-26-10-6-7-23(19-26)20-29(21-24-8-2-4-11-27-24)22-25-9-3-5-12-28-25/h2-12,19H,13-18,20-22H2,1H3. The van der Waals surface area contributed by atoms with Crippen LogP contribution in [0.5, 0.6) is 5.75 Å². The highest BCUT2D eigenvalue weighted by atomic mass is 16.6. The number of benzene rings is 1. The largest absolute Gasteiger partial charge is 0.491 e. The van der Waals surface area contributed by atoms with Crippen LogP contribution in [-0.2, 0) is 33.8 Å². The molecule has 176 valence electrons. The predicted octanol–water partition coefficient (Wildman–Crippen LogP) is 3.74. The van der Waals surface area contributed by atoms with E-state index in [0.717, 1.165) is 36.8 Å². The summed E-state index contributed by atoms with van der Waals surface area (Å²) in [5.41, 5.74) is 3.24. The Kier molecular flexibility index (Phi) is 11.3. The first-order chi connectivity index (χ1) is 16.3. The zero-order valence-electron chi connectivity index (χ0n) is 19.3. The molecule has 3 aromatic rings. The minimum atomic E-state index is 0.493. The van der Waals surface area contributed by atoms with Gasteiger partial charge in [0.1, 0.15) is 12.4 Å². The van der Waals surface area contributed by atoms with Crippen molar-refractivity contribution in [3.63, 3.8) is 0 Å². The summed E-state index contributed by atoms with van der Waals surface area (Å²) in [6.45, 7) is 5.54. The van der Waals surface area contributed by atoms with E-state index in [0.29, 0.717) is 39.6 Å². The van der Waals surface area contributed by atoms with Crippen LogP contribution in [0.4, 0.5) is 0 Å². The molecule has 0 radical (unpaired) electrons. The fourth-order valence-electron chi connectivity index (χ4n) is 3.28. The Morgan fingerprint density at radius 1 is 0.667 bits per heavy atom. The van der Waals surface area contributed by atoms with E-state index < -0.39 is 0 Å². The Bertz CT molecular complexity index is 855. The molecule has 7 nitrogen and oxygen atoms in total. The minimum Gasteiger partial charge on any atom is -0.491 e. The Balaban J connectivity index is 1.49. The van der Waals surface area contributed by atoms with Gasteiger partial charge in [-0.25, -0.2) is 0 Å². The second-order valence-corrected chi connectivity index (χ2v) is 7.50. The summed E-state index contributed by atoms with van der Waals surface area (Å²) < 4.78 is 21.7. The van der Waals surface area contributed by atoms with Gasteiger partial charge in [-0.3, -0.25) is 14.9 Å². The molecule has 0 aliphatic heterocycles. The Morgan fingerprint density at radius 2 is 1.30 bits per heavy atom. The van der Waals surface area contributed by atoms with Crippen LogP contribution in [0.25, 0.3) is 0 Å². The van der Waals surface area contributed by atoms with Gasteiger partial charge in [0.2, 0.25) is 0 Å². The van der Waals surface area contributed by atoms with Crippen molar-refractivity contribution < 1.29 is 18.9 Å².